The first-order valence-electron chi connectivity index (χ1n) is 9.58. The zero-order chi connectivity index (χ0) is 21.2. The predicted octanol–water partition coefficient (Wildman–Crippen LogP) is 4.49. The molecule has 0 saturated heterocycles. The molecule has 1 amide bonds. The van der Waals surface area contributed by atoms with Gasteiger partial charge in [0.2, 0.25) is 5.91 Å². The SMILES string of the molecule is N#CCCN(CCC#N)C(=O)CSc1nc(-c2ccccc2)c(-c2ccccc2)[nH]1. The van der Waals surface area contributed by atoms with Crippen molar-refractivity contribution in [2.24, 2.45) is 0 Å². The molecule has 1 N–H and O–H groups in total. The van der Waals surface area contributed by atoms with E-state index in [0.29, 0.717) is 18.2 Å². The van der Waals surface area contributed by atoms with Gasteiger partial charge in [-0.15, -0.1) is 0 Å². The highest BCUT2D eigenvalue weighted by Crippen LogP contribution is 2.32. The van der Waals surface area contributed by atoms with Crippen LogP contribution >= 0.6 is 11.8 Å². The highest BCUT2D eigenvalue weighted by molar-refractivity contribution is 7.99. The maximum Gasteiger partial charge on any atom is 0.233 e. The Balaban J connectivity index is 1.80. The lowest BCUT2D eigenvalue weighted by Crippen LogP contribution is -2.34. The summed E-state index contributed by atoms with van der Waals surface area (Å²) in [6.07, 6.45) is 0.498. The van der Waals surface area contributed by atoms with Gasteiger partial charge in [-0.2, -0.15) is 10.5 Å². The number of H-pyrrole nitrogens is 1. The smallest absolute Gasteiger partial charge is 0.233 e. The molecule has 0 aliphatic heterocycles. The van der Waals surface area contributed by atoms with Gasteiger partial charge >= 0.3 is 0 Å². The fraction of sp³-hybridized carbons (Fsp3) is 0.217. The molecule has 3 aromatic rings. The molecule has 0 unspecified atom stereocenters. The van der Waals surface area contributed by atoms with E-state index < -0.39 is 0 Å². The molecule has 0 saturated carbocycles. The zero-order valence-corrected chi connectivity index (χ0v) is 17.2. The van der Waals surface area contributed by atoms with Crippen LogP contribution in [0, 0.1) is 22.7 Å². The van der Waals surface area contributed by atoms with E-state index in [9.17, 15) is 4.79 Å². The summed E-state index contributed by atoms with van der Waals surface area (Å²) >= 11 is 1.32. The predicted molar refractivity (Wildman–Crippen MR) is 117 cm³/mol. The lowest BCUT2D eigenvalue weighted by Gasteiger charge is -2.19. The van der Waals surface area contributed by atoms with Gasteiger partial charge in [0.15, 0.2) is 5.16 Å². The molecular formula is C23H21N5OS. The summed E-state index contributed by atoms with van der Waals surface area (Å²) in [6.45, 7) is 0.667. The number of aromatic amines is 1. The Morgan fingerprint density at radius 3 is 2.07 bits per heavy atom. The van der Waals surface area contributed by atoms with Gasteiger partial charge in [-0.25, -0.2) is 4.98 Å². The molecule has 30 heavy (non-hydrogen) atoms. The fourth-order valence-corrected chi connectivity index (χ4v) is 3.76. The zero-order valence-electron chi connectivity index (χ0n) is 16.4. The number of imidazole rings is 1. The minimum Gasteiger partial charge on any atom is -0.340 e. The molecule has 0 aliphatic rings. The summed E-state index contributed by atoms with van der Waals surface area (Å²) in [7, 11) is 0. The molecule has 0 aliphatic carbocycles. The van der Waals surface area contributed by atoms with Gasteiger partial charge in [0, 0.05) is 24.2 Å². The lowest BCUT2D eigenvalue weighted by atomic mass is 10.1. The maximum absolute atomic E-state index is 12.6. The molecule has 7 heteroatoms. The second kappa shape index (κ2) is 10.8. The first-order chi connectivity index (χ1) is 14.7. The Kier molecular flexibility index (Phi) is 7.65. The number of carbonyl (C=O) groups is 1. The van der Waals surface area contributed by atoms with E-state index >= 15 is 0 Å². The average molecular weight is 416 g/mol. The van der Waals surface area contributed by atoms with E-state index in [4.69, 9.17) is 15.5 Å². The Morgan fingerprint density at radius 1 is 0.933 bits per heavy atom. The monoisotopic (exact) mass is 415 g/mol. The Morgan fingerprint density at radius 2 is 1.50 bits per heavy atom. The van der Waals surface area contributed by atoms with E-state index in [-0.39, 0.29) is 24.5 Å². The van der Waals surface area contributed by atoms with Crippen LogP contribution in [0.1, 0.15) is 12.8 Å². The second-order valence-corrected chi connectivity index (χ2v) is 7.45. The number of benzene rings is 2. The molecule has 150 valence electrons. The summed E-state index contributed by atoms with van der Waals surface area (Å²) in [5.74, 6) is 0.0803. The van der Waals surface area contributed by atoms with E-state index in [1.165, 1.54) is 11.8 Å². The van der Waals surface area contributed by atoms with Crippen molar-refractivity contribution in [3.05, 3.63) is 60.7 Å². The third-order valence-corrected chi connectivity index (χ3v) is 5.32. The summed E-state index contributed by atoms with van der Waals surface area (Å²) in [4.78, 5) is 22.3. The minimum absolute atomic E-state index is 0.107. The van der Waals surface area contributed by atoms with Crippen LogP contribution < -0.4 is 0 Å². The first kappa shape index (κ1) is 21.2. The Bertz CT molecular complexity index is 976. The molecule has 0 atom stereocenters. The third-order valence-electron chi connectivity index (χ3n) is 4.46. The number of hydrogen-bond donors (Lipinski definition) is 1. The van der Waals surface area contributed by atoms with Gasteiger partial charge in [-0.1, -0.05) is 72.4 Å². The summed E-state index contributed by atoms with van der Waals surface area (Å²) in [5.41, 5.74) is 3.76. The van der Waals surface area contributed by atoms with Crippen molar-refractivity contribution < 1.29 is 4.79 Å². The average Bonchev–Trinajstić information content (AvgIpc) is 3.23. The topological polar surface area (TPSA) is 96.6 Å². The number of carbonyl (C=O) groups excluding carboxylic acids is 1. The molecule has 1 heterocycles. The third kappa shape index (κ3) is 5.50. The molecule has 0 spiro atoms. The van der Waals surface area contributed by atoms with Gasteiger partial charge in [0.1, 0.15) is 0 Å². The van der Waals surface area contributed by atoms with Crippen molar-refractivity contribution >= 4 is 17.7 Å². The second-order valence-electron chi connectivity index (χ2n) is 6.48. The molecule has 2 aromatic carbocycles. The van der Waals surface area contributed by atoms with Crippen molar-refractivity contribution in [3.8, 4) is 34.7 Å². The summed E-state index contributed by atoms with van der Waals surface area (Å²) in [6, 6.07) is 24.0. The molecule has 0 bridgehead atoms. The summed E-state index contributed by atoms with van der Waals surface area (Å²) in [5, 5.41) is 18.3. The summed E-state index contributed by atoms with van der Waals surface area (Å²) < 4.78 is 0. The minimum atomic E-state index is -0.107. The molecule has 3 rings (SSSR count). The van der Waals surface area contributed by atoms with Crippen LogP contribution in [-0.2, 0) is 4.79 Å². The van der Waals surface area contributed by atoms with Crippen molar-refractivity contribution in [1.82, 2.24) is 14.9 Å². The van der Waals surface area contributed by atoms with Crippen molar-refractivity contribution in [2.75, 3.05) is 18.8 Å². The van der Waals surface area contributed by atoms with E-state index in [1.807, 2.05) is 72.8 Å². The van der Waals surface area contributed by atoms with Gasteiger partial charge in [-0.05, 0) is 0 Å². The van der Waals surface area contributed by atoms with Gasteiger partial charge < -0.3 is 9.88 Å². The van der Waals surface area contributed by atoms with Crippen LogP contribution in [0.3, 0.4) is 0 Å². The van der Waals surface area contributed by atoms with E-state index in [0.717, 1.165) is 22.5 Å². The van der Waals surface area contributed by atoms with Crippen molar-refractivity contribution in [2.45, 2.75) is 18.0 Å². The van der Waals surface area contributed by atoms with Gasteiger partial charge in [0.25, 0.3) is 0 Å². The number of nitriles is 2. The normalized spacial score (nSPS) is 10.2. The molecular weight excluding hydrogens is 394 g/mol. The molecule has 0 fully saturated rings. The van der Waals surface area contributed by atoms with Crippen LogP contribution in [0.25, 0.3) is 22.5 Å². The molecule has 1 aromatic heterocycles. The number of amides is 1. The maximum atomic E-state index is 12.6. The van der Waals surface area contributed by atoms with Crippen LogP contribution in [0.4, 0.5) is 0 Å². The highest BCUT2D eigenvalue weighted by Gasteiger charge is 2.17. The van der Waals surface area contributed by atoms with E-state index in [2.05, 4.69) is 4.98 Å². The number of nitrogens with zero attached hydrogens (tertiary/aromatic N) is 4. The van der Waals surface area contributed by atoms with Crippen LogP contribution in [-0.4, -0.2) is 39.6 Å². The largest absolute Gasteiger partial charge is 0.340 e. The number of hydrogen-bond acceptors (Lipinski definition) is 5. The van der Waals surface area contributed by atoms with Crippen molar-refractivity contribution in [1.29, 1.82) is 10.5 Å². The number of thioether (sulfide) groups is 1. The van der Waals surface area contributed by atoms with E-state index in [1.54, 1.807) is 4.90 Å². The lowest BCUT2D eigenvalue weighted by molar-refractivity contribution is -0.128. The van der Waals surface area contributed by atoms with Gasteiger partial charge in [0.05, 0.1) is 42.1 Å². The molecule has 0 radical (unpaired) electrons. The molecule has 6 nitrogen and oxygen atoms in total. The number of nitrogens with one attached hydrogen (secondary N) is 1. The fourth-order valence-electron chi connectivity index (χ4n) is 2.99. The number of rotatable bonds is 9. The number of aromatic nitrogens is 2. The Hall–Kier alpha value is -3.55. The van der Waals surface area contributed by atoms with Crippen LogP contribution in [0.2, 0.25) is 0 Å². The van der Waals surface area contributed by atoms with Crippen LogP contribution in [0.15, 0.2) is 65.8 Å². The standard InChI is InChI=1S/C23H21N5OS/c24-13-7-15-28(16-8-14-25)20(29)17-30-23-26-21(18-9-3-1-4-10-18)22(27-23)19-11-5-2-6-12-19/h1-6,9-12H,7-8,15-17H2,(H,26,27). The quantitative estimate of drug-likeness (QED) is 0.519. The van der Waals surface area contributed by atoms with Gasteiger partial charge in [-0.3, -0.25) is 4.79 Å². The Labute approximate surface area is 180 Å². The van der Waals surface area contributed by atoms with Crippen molar-refractivity contribution in [3.63, 3.8) is 0 Å². The first-order valence-corrected chi connectivity index (χ1v) is 10.6. The van der Waals surface area contributed by atoms with Crippen LogP contribution in [0.5, 0.6) is 0 Å². The highest BCUT2D eigenvalue weighted by atomic mass is 32.2.